The van der Waals surface area contributed by atoms with Crippen LogP contribution in [0, 0.1) is 5.82 Å². The predicted octanol–water partition coefficient (Wildman–Crippen LogP) is 2.12. The van der Waals surface area contributed by atoms with Gasteiger partial charge >= 0.3 is 0 Å². The number of benzene rings is 1. The number of aromatic nitrogens is 1. The van der Waals surface area contributed by atoms with Crippen LogP contribution in [0.1, 0.15) is 5.56 Å². The average Bonchev–Trinajstić information content (AvgIpc) is 2.64. The van der Waals surface area contributed by atoms with E-state index in [1.807, 2.05) is 20.3 Å². The van der Waals surface area contributed by atoms with Crippen molar-refractivity contribution in [1.29, 1.82) is 0 Å². The fourth-order valence-corrected chi connectivity index (χ4v) is 1.79. The van der Waals surface area contributed by atoms with Crippen molar-refractivity contribution in [3.8, 4) is 5.75 Å². The Bertz CT molecular complexity index is 505. The first-order valence-corrected chi connectivity index (χ1v) is 5.21. The molecule has 1 aromatic heterocycles. The van der Waals surface area contributed by atoms with Crippen LogP contribution in [-0.2, 0) is 6.42 Å². The minimum atomic E-state index is -0.571. The molecular weight excluding hydrogens is 207 g/mol. The molecule has 2 aromatic rings. The predicted molar refractivity (Wildman–Crippen MR) is 62.2 cm³/mol. The van der Waals surface area contributed by atoms with Gasteiger partial charge in [0.05, 0.1) is 0 Å². The molecular formula is C12H15FN2O. The van der Waals surface area contributed by atoms with Gasteiger partial charge in [-0.15, -0.1) is 0 Å². The van der Waals surface area contributed by atoms with Crippen LogP contribution in [0.3, 0.4) is 0 Å². The molecule has 0 unspecified atom stereocenters. The second-order valence-corrected chi connectivity index (χ2v) is 4.19. The van der Waals surface area contributed by atoms with Crippen LogP contribution < -0.4 is 0 Å². The van der Waals surface area contributed by atoms with Crippen molar-refractivity contribution in [1.82, 2.24) is 9.88 Å². The highest BCUT2D eigenvalue weighted by Gasteiger charge is 2.11. The van der Waals surface area contributed by atoms with E-state index in [-0.39, 0.29) is 5.75 Å². The molecule has 1 aromatic carbocycles. The summed E-state index contributed by atoms with van der Waals surface area (Å²) in [5.74, 6) is -0.828. The van der Waals surface area contributed by atoms with Crippen molar-refractivity contribution in [3.63, 3.8) is 0 Å². The summed E-state index contributed by atoms with van der Waals surface area (Å²) in [6.07, 6.45) is 2.61. The lowest BCUT2D eigenvalue weighted by molar-refractivity contribution is 0.413. The Kier molecular flexibility index (Phi) is 2.83. The molecule has 4 heteroatoms. The molecule has 0 aliphatic carbocycles. The monoisotopic (exact) mass is 222 g/mol. The summed E-state index contributed by atoms with van der Waals surface area (Å²) in [5.41, 5.74) is 1.72. The van der Waals surface area contributed by atoms with Gasteiger partial charge in [0.15, 0.2) is 11.6 Å². The van der Waals surface area contributed by atoms with E-state index in [4.69, 9.17) is 0 Å². The van der Waals surface area contributed by atoms with Gasteiger partial charge in [-0.1, -0.05) is 0 Å². The number of likely N-dealkylation sites (N-methyl/N-ethyl adjacent to an activating group) is 1. The molecule has 0 aliphatic rings. The third-order valence-electron chi connectivity index (χ3n) is 2.68. The normalized spacial score (nSPS) is 11.5. The minimum Gasteiger partial charge on any atom is -0.504 e. The quantitative estimate of drug-likeness (QED) is 0.835. The number of aromatic amines is 1. The highest BCUT2D eigenvalue weighted by Crippen LogP contribution is 2.30. The van der Waals surface area contributed by atoms with Crippen molar-refractivity contribution < 1.29 is 9.50 Å². The first kappa shape index (κ1) is 11.0. The number of hydrogen-bond donors (Lipinski definition) is 2. The second kappa shape index (κ2) is 4.14. The van der Waals surface area contributed by atoms with Gasteiger partial charge in [-0.05, 0) is 38.2 Å². The van der Waals surface area contributed by atoms with Crippen LogP contribution in [-0.4, -0.2) is 35.6 Å². The van der Waals surface area contributed by atoms with Crippen molar-refractivity contribution in [3.05, 3.63) is 29.7 Å². The maximum atomic E-state index is 13.2. The Morgan fingerprint density at radius 3 is 2.81 bits per heavy atom. The number of fused-ring (bicyclic) bond motifs is 1. The van der Waals surface area contributed by atoms with Crippen molar-refractivity contribution in [2.24, 2.45) is 0 Å². The molecule has 0 amide bonds. The molecule has 0 radical (unpaired) electrons. The Labute approximate surface area is 93.5 Å². The summed E-state index contributed by atoms with van der Waals surface area (Å²) in [6.45, 7) is 0.864. The van der Waals surface area contributed by atoms with E-state index in [1.165, 1.54) is 6.07 Å². The Morgan fingerprint density at radius 2 is 2.12 bits per heavy atom. The van der Waals surface area contributed by atoms with E-state index in [9.17, 15) is 9.50 Å². The molecule has 0 spiro atoms. The number of phenolic OH excluding ortho intramolecular Hbond substituents is 1. The van der Waals surface area contributed by atoms with Gasteiger partial charge in [0.1, 0.15) is 0 Å². The standard InChI is InChI=1S/C12H15FN2O/c1-15(2)6-5-8-7-14-10-4-3-9(13)12(16)11(8)10/h3-4,7,14,16H,5-6H2,1-2H3. The zero-order chi connectivity index (χ0) is 11.7. The van der Waals surface area contributed by atoms with Gasteiger partial charge in [-0.25, -0.2) is 4.39 Å². The molecule has 3 nitrogen and oxygen atoms in total. The zero-order valence-corrected chi connectivity index (χ0v) is 9.42. The van der Waals surface area contributed by atoms with E-state index in [0.29, 0.717) is 5.39 Å². The van der Waals surface area contributed by atoms with Gasteiger partial charge in [0.25, 0.3) is 0 Å². The van der Waals surface area contributed by atoms with Gasteiger partial charge in [0, 0.05) is 23.6 Å². The molecule has 86 valence electrons. The van der Waals surface area contributed by atoms with Crippen LogP contribution in [0.2, 0.25) is 0 Å². The molecule has 0 saturated heterocycles. The average molecular weight is 222 g/mol. The van der Waals surface area contributed by atoms with E-state index in [2.05, 4.69) is 9.88 Å². The van der Waals surface area contributed by atoms with Crippen LogP contribution >= 0.6 is 0 Å². The molecule has 0 bridgehead atoms. The minimum absolute atomic E-state index is 0.257. The van der Waals surface area contributed by atoms with E-state index >= 15 is 0 Å². The summed E-state index contributed by atoms with van der Waals surface area (Å²) in [7, 11) is 3.96. The van der Waals surface area contributed by atoms with Gasteiger partial charge in [-0.2, -0.15) is 0 Å². The van der Waals surface area contributed by atoms with Crippen LogP contribution in [0.5, 0.6) is 5.75 Å². The molecule has 0 saturated carbocycles. The molecule has 2 rings (SSSR count). The fourth-order valence-electron chi connectivity index (χ4n) is 1.79. The fraction of sp³-hybridized carbons (Fsp3) is 0.333. The number of phenols is 1. The molecule has 1 heterocycles. The third kappa shape index (κ3) is 1.88. The van der Waals surface area contributed by atoms with E-state index < -0.39 is 5.82 Å². The van der Waals surface area contributed by atoms with Gasteiger partial charge in [-0.3, -0.25) is 0 Å². The Balaban J connectivity index is 2.42. The lowest BCUT2D eigenvalue weighted by Crippen LogP contribution is -2.14. The number of H-pyrrole nitrogens is 1. The first-order valence-electron chi connectivity index (χ1n) is 5.21. The summed E-state index contributed by atoms with van der Waals surface area (Å²) in [5, 5.41) is 10.3. The SMILES string of the molecule is CN(C)CCc1c[nH]c2ccc(F)c(O)c12. The van der Waals surface area contributed by atoms with E-state index in [0.717, 1.165) is 24.0 Å². The molecule has 2 N–H and O–H groups in total. The smallest absolute Gasteiger partial charge is 0.165 e. The summed E-state index contributed by atoms with van der Waals surface area (Å²) in [6, 6.07) is 2.91. The number of rotatable bonds is 3. The summed E-state index contributed by atoms with van der Waals surface area (Å²) >= 11 is 0. The molecule has 0 atom stereocenters. The molecule has 0 fully saturated rings. The van der Waals surface area contributed by atoms with Crippen molar-refractivity contribution in [2.45, 2.75) is 6.42 Å². The molecule has 16 heavy (non-hydrogen) atoms. The van der Waals surface area contributed by atoms with Crippen LogP contribution in [0.25, 0.3) is 10.9 Å². The zero-order valence-electron chi connectivity index (χ0n) is 9.42. The van der Waals surface area contributed by atoms with Gasteiger partial charge < -0.3 is 15.0 Å². The Hall–Kier alpha value is -1.55. The highest BCUT2D eigenvalue weighted by molar-refractivity contribution is 5.89. The maximum absolute atomic E-state index is 13.2. The molecule has 0 aliphatic heterocycles. The topological polar surface area (TPSA) is 39.3 Å². The van der Waals surface area contributed by atoms with Crippen molar-refractivity contribution in [2.75, 3.05) is 20.6 Å². The third-order valence-corrected chi connectivity index (χ3v) is 2.68. The summed E-state index contributed by atoms with van der Waals surface area (Å²) < 4.78 is 13.2. The first-order chi connectivity index (χ1) is 7.59. The largest absolute Gasteiger partial charge is 0.504 e. The number of nitrogens with one attached hydrogen (secondary N) is 1. The van der Waals surface area contributed by atoms with Crippen LogP contribution in [0.4, 0.5) is 4.39 Å². The lowest BCUT2D eigenvalue weighted by Gasteiger charge is -2.08. The lowest BCUT2D eigenvalue weighted by atomic mass is 10.1. The number of halogens is 1. The van der Waals surface area contributed by atoms with E-state index in [1.54, 1.807) is 6.07 Å². The van der Waals surface area contributed by atoms with Gasteiger partial charge in [0.2, 0.25) is 0 Å². The Morgan fingerprint density at radius 1 is 1.38 bits per heavy atom. The number of nitrogens with zero attached hydrogens (tertiary/aromatic N) is 1. The van der Waals surface area contributed by atoms with Crippen LogP contribution in [0.15, 0.2) is 18.3 Å². The second-order valence-electron chi connectivity index (χ2n) is 4.19. The van der Waals surface area contributed by atoms with Crippen molar-refractivity contribution >= 4 is 10.9 Å². The number of hydrogen-bond acceptors (Lipinski definition) is 2. The summed E-state index contributed by atoms with van der Waals surface area (Å²) in [4.78, 5) is 5.09. The number of aromatic hydroxyl groups is 1. The highest BCUT2D eigenvalue weighted by atomic mass is 19.1. The maximum Gasteiger partial charge on any atom is 0.165 e.